The highest BCUT2D eigenvalue weighted by molar-refractivity contribution is 7.45. The smallest absolute Gasteiger partial charge is 0.216 e. The summed E-state index contributed by atoms with van der Waals surface area (Å²) in [5.41, 5.74) is 5.82. The molecule has 0 aromatic carbocycles. The summed E-state index contributed by atoms with van der Waals surface area (Å²) in [6.07, 6.45) is 12.2. The van der Waals surface area contributed by atoms with Crippen LogP contribution in [0.2, 0.25) is 6.04 Å². The monoisotopic (exact) mass is 407 g/mol. The molecule has 0 bridgehead atoms. The molecule has 0 heterocycles. The molecule has 0 amide bonds. The van der Waals surface area contributed by atoms with Gasteiger partial charge < -0.3 is 19.0 Å². The van der Waals surface area contributed by atoms with Crippen LogP contribution in [0.4, 0.5) is 0 Å². The lowest BCUT2D eigenvalue weighted by molar-refractivity contribution is 0.281. The van der Waals surface area contributed by atoms with Gasteiger partial charge in [0.15, 0.2) is 18.6 Å². The standard InChI is InChI=1S/C18H45NO3Si3/c1-4-7-10-15-20-23-25(18-13-14-19,22-17-12-9-6-3)24-21-16-11-8-5-2/h4-19,23-24H2,1-3H3. The molecule has 0 fully saturated rings. The highest BCUT2D eigenvalue weighted by Gasteiger charge is 2.37. The van der Waals surface area contributed by atoms with E-state index in [1.54, 1.807) is 0 Å². The Kier molecular flexibility index (Phi) is 19.6. The van der Waals surface area contributed by atoms with E-state index >= 15 is 0 Å². The van der Waals surface area contributed by atoms with Crippen molar-refractivity contribution in [3.05, 3.63) is 0 Å². The van der Waals surface area contributed by atoms with E-state index in [0.29, 0.717) is 0 Å². The molecule has 0 aromatic heterocycles. The Hall–Kier alpha value is 0.491. The molecular formula is C18H45NO3Si3. The maximum atomic E-state index is 6.60. The first-order valence-corrected chi connectivity index (χ1v) is 18.7. The Balaban J connectivity index is 4.51. The predicted molar refractivity (Wildman–Crippen MR) is 118 cm³/mol. The zero-order chi connectivity index (χ0) is 18.6. The van der Waals surface area contributed by atoms with Crippen molar-refractivity contribution < 1.29 is 13.3 Å². The van der Waals surface area contributed by atoms with Crippen LogP contribution in [0.15, 0.2) is 0 Å². The molecule has 0 saturated heterocycles. The van der Waals surface area contributed by atoms with Crippen LogP contribution in [-0.2, 0) is 13.3 Å². The van der Waals surface area contributed by atoms with Crippen molar-refractivity contribution >= 4 is 25.9 Å². The first-order chi connectivity index (χ1) is 12.2. The fourth-order valence-electron chi connectivity index (χ4n) is 2.83. The van der Waals surface area contributed by atoms with Gasteiger partial charge in [-0.1, -0.05) is 59.3 Å². The third kappa shape index (κ3) is 15.3. The molecular weight excluding hydrogens is 362 g/mol. The molecule has 152 valence electrons. The summed E-state index contributed by atoms with van der Waals surface area (Å²) in [5, 5.41) is 0. The van der Waals surface area contributed by atoms with Gasteiger partial charge in [0.2, 0.25) is 7.35 Å². The Morgan fingerprint density at radius 2 is 1.16 bits per heavy atom. The fourth-order valence-corrected chi connectivity index (χ4v) is 16.8. The minimum absolute atomic E-state index is 0.606. The topological polar surface area (TPSA) is 53.7 Å². The number of nitrogens with two attached hydrogens (primary N) is 1. The van der Waals surface area contributed by atoms with Crippen molar-refractivity contribution in [2.24, 2.45) is 5.73 Å². The van der Waals surface area contributed by atoms with E-state index in [9.17, 15) is 0 Å². The summed E-state index contributed by atoms with van der Waals surface area (Å²) in [6.45, 7) is 10.3. The molecule has 0 aliphatic rings. The van der Waals surface area contributed by atoms with Crippen molar-refractivity contribution in [1.82, 2.24) is 0 Å². The number of rotatable bonds is 20. The molecule has 0 saturated carbocycles. The summed E-state index contributed by atoms with van der Waals surface area (Å²) in [4.78, 5) is 0. The van der Waals surface area contributed by atoms with Crippen LogP contribution in [0.3, 0.4) is 0 Å². The van der Waals surface area contributed by atoms with Gasteiger partial charge >= 0.3 is 0 Å². The summed E-state index contributed by atoms with van der Waals surface area (Å²) >= 11 is 0. The van der Waals surface area contributed by atoms with E-state index in [4.69, 9.17) is 19.0 Å². The summed E-state index contributed by atoms with van der Waals surface area (Å²) in [5.74, 6) is 0. The normalized spacial score (nSPS) is 14.9. The van der Waals surface area contributed by atoms with Gasteiger partial charge in [-0.3, -0.25) is 0 Å². The van der Waals surface area contributed by atoms with E-state index in [2.05, 4.69) is 20.8 Å². The van der Waals surface area contributed by atoms with E-state index in [0.717, 1.165) is 32.8 Å². The number of unbranched alkanes of at least 4 members (excludes halogenated alkanes) is 6. The summed E-state index contributed by atoms with van der Waals surface area (Å²) in [7, 11) is -2.94. The molecule has 0 spiro atoms. The minimum atomic E-state index is -1.73. The molecule has 4 nitrogen and oxygen atoms in total. The highest BCUT2D eigenvalue weighted by atomic mass is 29.6. The Morgan fingerprint density at radius 3 is 1.60 bits per heavy atom. The van der Waals surface area contributed by atoms with Crippen LogP contribution in [0.25, 0.3) is 0 Å². The molecule has 0 radical (unpaired) electrons. The maximum Gasteiger partial charge on any atom is 0.216 e. The minimum Gasteiger partial charge on any atom is -0.425 e. The fraction of sp³-hybridized carbons (Fsp3) is 1.00. The lowest BCUT2D eigenvalue weighted by atomic mass is 10.3. The SMILES string of the molecule is CCCCCO[SiH2][Si](CCCN)(OCCCCC)[SiH2]OCCCCC. The van der Waals surface area contributed by atoms with Gasteiger partial charge in [-0.2, -0.15) is 0 Å². The maximum absolute atomic E-state index is 6.60. The molecule has 0 aliphatic heterocycles. The molecule has 25 heavy (non-hydrogen) atoms. The average Bonchev–Trinajstić information content (AvgIpc) is 2.63. The van der Waals surface area contributed by atoms with Crippen LogP contribution in [0, 0.1) is 0 Å². The predicted octanol–water partition coefficient (Wildman–Crippen LogP) is 3.06. The molecule has 7 heteroatoms. The van der Waals surface area contributed by atoms with E-state index < -0.39 is 25.9 Å². The van der Waals surface area contributed by atoms with E-state index in [-0.39, 0.29) is 0 Å². The first kappa shape index (κ1) is 25.5. The Bertz CT molecular complexity index is 260. The first-order valence-electron chi connectivity index (χ1n) is 10.7. The summed E-state index contributed by atoms with van der Waals surface area (Å²) < 4.78 is 19.0. The van der Waals surface area contributed by atoms with Crippen molar-refractivity contribution in [3.8, 4) is 0 Å². The van der Waals surface area contributed by atoms with E-state index in [1.807, 2.05) is 0 Å². The largest absolute Gasteiger partial charge is 0.425 e. The third-order valence-electron chi connectivity index (χ3n) is 4.51. The van der Waals surface area contributed by atoms with Gasteiger partial charge in [-0.15, -0.1) is 0 Å². The highest BCUT2D eigenvalue weighted by Crippen LogP contribution is 2.15. The van der Waals surface area contributed by atoms with Gasteiger partial charge in [-0.25, -0.2) is 0 Å². The van der Waals surface area contributed by atoms with Crippen LogP contribution in [0.5, 0.6) is 0 Å². The van der Waals surface area contributed by atoms with E-state index in [1.165, 1.54) is 63.8 Å². The number of hydrogen-bond donors (Lipinski definition) is 1. The third-order valence-corrected chi connectivity index (χ3v) is 20.0. The quantitative estimate of drug-likeness (QED) is 0.249. The second kappa shape index (κ2) is 19.3. The van der Waals surface area contributed by atoms with Gasteiger partial charge in [0, 0.05) is 19.8 Å². The van der Waals surface area contributed by atoms with Crippen LogP contribution in [-0.4, -0.2) is 52.3 Å². The molecule has 2 N–H and O–H groups in total. The van der Waals surface area contributed by atoms with Crippen LogP contribution >= 0.6 is 0 Å². The molecule has 0 rings (SSSR count). The lowest BCUT2D eigenvalue weighted by Gasteiger charge is -2.30. The van der Waals surface area contributed by atoms with Gasteiger partial charge in [0.25, 0.3) is 0 Å². The lowest BCUT2D eigenvalue weighted by Crippen LogP contribution is -2.54. The molecule has 0 aliphatic carbocycles. The number of hydrogen-bond acceptors (Lipinski definition) is 4. The van der Waals surface area contributed by atoms with Gasteiger partial charge in [0.1, 0.15) is 0 Å². The van der Waals surface area contributed by atoms with Crippen molar-refractivity contribution in [2.45, 2.75) is 91.0 Å². The second-order valence-electron chi connectivity index (χ2n) is 7.15. The van der Waals surface area contributed by atoms with Gasteiger partial charge in [0.05, 0.1) is 0 Å². The molecule has 0 unspecified atom stereocenters. The summed E-state index contributed by atoms with van der Waals surface area (Å²) in [6, 6.07) is 1.18. The van der Waals surface area contributed by atoms with Crippen molar-refractivity contribution in [2.75, 3.05) is 26.4 Å². The van der Waals surface area contributed by atoms with Crippen LogP contribution < -0.4 is 5.73 Å². The zero-order valence-electron chi connectivity index (χ0n) is 17.3. The van der Waals surface area contributed by atoms with Gasteiger partial charge in [-0.05, 0) is 38.3 Å². The van der Waals surface area contributed by atoms with Crippen molar-refractivity contribution in [3.63, 3.8) is 0 Å². The Morgan fingerprint density at radius 1 is 0.680 bits per heavy atom. The van der Waals surface area contributed by atoms with Crippen LogP contribution in [0.1, 0.15) is 85.0 Å². The average molecular weight is 408 g/mol. The zero-order valence-corrected chi connectivity index (χ0v) is 21.2. The molecule has 0 aromatic rings. The Labute approximate surface area is 162 Å². The van der Waals surface area contributed by atoms with Crippen molar-refractivity contribution in [1.29, 1.82) is 0 Å². The second-order valence-corrected chi connectivity index (χ2v) is 24.2. The molecule has 0 atom stereocenters.